The largest absolute Gasteiger partial charge is 0.394 e. The predicted octanol–water partition coefficient (Wildman–Crippen LogP) is -1.64. The molecule has 0 bridgehead atoms. The highest BCUT2D eigenvalue weighted by molar-refractivity contribution is 5.27. The van der Waals surface area contributed by atoms with Crippen molar-refractivity contribution >= 4 is 0 Å². The minimum Gasteiger partial charge on any atom is -0.394 e. The van der Waals surface area contributed by atoms with Crippen molar-refractivity contribution in [2.45, 2.75) is 63.0 Å². The van der Waals surface area contributed by atoms with Crippen LogP contribution < -0.4 is 0 Å². The van der Waals surface area contributed by atoms with Gasteiger partial charge in [-0.15, -0.1) is 0 Å². The molecule has 130 valence electrons. The third-order valence-corrected chi connectivity index (χ3v) is 3.35. The zero-order chi connectivity index (χ0) is 17.2. The van der Waals surface area contributed by atoms with Crippen molar-refractivity contribution in [1.82, 2.24) is 0 Å². The quantitative estimate of drug-likeness (QED) is 0.293. The lowest BCUT2D eigenvalue weighted by atomic mass is 9.99. The summed E-state index contributed by atoms with van der Waals surface area (Å²) < 4.78 is 10.5. The van der Waals surface area contributed by atoms with E-state index < -0.39 is 43.4 Å². The van der Waals surface area contributed by atoms with Gasteiger partial charge in [-0.2, -0.15) is 0 Å². The van der Waals surface area contributed by atoms with Gasteiger partial charge in [-0.1, -0.05) is 18.8 Å². The summed E-state index contributed by atoms with van der Waals surface area (Å²) in [6.45, 7) is 1.56. The second-order valence-corrected chi connectivity index (χ2v) is 5.17. The van der Waals surface area contributed by atoms with E-state index in [9.17, 15) is 20.4 Å². The average molecular weight is 328 g/mol. The lowest BCUT2D eigenvalue weighted by molar-refractivity contribution is -0.301. The predicted molar refractivity (Wildman–Crippen MR) is 80.8 cm³/mol. The molecule has 7 heteroatoms. The van der Waals surface area contributed by atoms with E-state index >= 15 is 0 Å². The molecular weight excluding hydrogens is 304 g/mol. The van der Waals surface area contributed by atoms with Crippen molar-refractivity contribution < 1.29 is 35.0 Å². The molecule has 0 spiro atoms. The Kier molecular flexibility index (Phi) is 9.15. The summed E-state index contributed by atoms with van der Waals surface area (Å²) in [7, 11) is 0. The number of hydrogen-bond acceptors (Lipinski definition) is 7. The van der Waals surface area contributed by atoms with E-state index in [0.717, 1.165) is 0 Å². The minimum atomic E-state index is -1.44. The van der Waals surface area contributed by atoms with Crippen LogP contribution in [0.4, 0.5) is 0 Å². The lowest BCUT2D eigenvalue weighted by Crippen LogP contribution is -2.59. The van der Waals surface area contributed by atoms with E-state index in [0.29, 0.717) is 19.3 Å². The lowest BCUT2D eigenvalue weighted by Gasteiger charge is -2.39. The van der Waals surface area contributed by atoms with Gasteiger partial charge in [-0.25, -0.2) is 0 Å². The summed E-state index contributed by atoms with van der Waals surface area (Å²) >= 11 is 0. The Balaban J connectivity index is 2.30. The standard InChI is InChI=1S/C16H24O7/c1-2-11(18)8-6-4-3-5-7-9-22-16-15(21)14(20)13(19)12(10-17)23-16/h11-21H,2,5,7,9-10H2,1H3. The fourth-order valence-electron chi connectivity index (χ4n) is 1.89. The van der Waals surface area contributed by atoms with Gasteiger partial charge in [0.2, 0.25) is 0 Å². The van der Waals surface area contributed by atoms with Gasteiger partial charge in [0.05, 0.1) is 13.2 Å². The highest BCUT2D eigenvalue weighted by Gasteiger charge is 2.43. The molecule has 0 aromatic rings. The van der Waals surface area contributed by atoms with Crippen LogP contribution in [-0.2, 0) is 9.47 Å². The minimum absolute atomic E-state index is 0.225. The van der Waals surface area contributed by atoms with Crippen LogP contribution in [0.15, 0.2) is 0 Å². The third kappa shape index (κ3) is 6.46. The van der Waals surface area contributed by atoms with Crippen LogP contribution in [0.25, 0.3) is 0 Å². The highest BCUT2D eigenvalue weighted by atomic mass is 16.7. The van der Waals surface area contributed by atoms with Gasteiger partial charge in [0.1, 0.15) is 30.5 Å². The molecule has 23 heavy (non-hydrogen) atoms. The number of hydrogen-bond donors (Lipinski definition) is 5. The molecule has 0 aliphatic carbocycles. The summed E-state index contributed by atoms with van der Waals surface area (Å²) in [4.78, 5) is 0. The Morgan fingerprint density at radius 2 is 1.87 bits per heavy atom. The summed E-state index contributed by atoms with van der Waals surface area (Å²) in [5.41, 5.74) is 0. The van der Waals surface area contributed by atoms with Crippen LogP contribution in [-0.4, -0.2) is 75.6 Å². The number of aliphatic hydroxyl groups is 5. The first-order chi connectivity index (χ1) is 11.0. The Morgan fingerprint density at radius 1 is 1.13 bits per heavy atom. The first-order valence-electron chi connectivity index (χ1n) is 7.59. The molecule has 1 aliphatic rings. The van der Waals surface area contributed by atoms with Gasteiger partial charge in [-0.05, 0) is 24.7 Å². The molecule has 0 aromatic carbocycles. The van der Waals surface area contributed by atoms with Crippen molar-refractivity contribution in [2.75, 3.05) is 13.2 Å². The van der Waals surface area contributed by atoms with Gasteiger partial charge >= 0.3 is 0 Å². The maximum absolute atomic E-state index is 9.76. The Morgan fingerprint density at radius 3 is 2.52 bits per heavy atom. The fourth-order valence-corrected chi connectivity index (χ4v) is 1.89. The Bertz CT molecular complexity index is 457. The molecular formula is C16H24O7. The maximum Gasteiger partial charge on any atom is 0.186 e. The third-order valence-electron chi connectivity index (χ3n) is 3.35. The molecule has 5 N–H and O–H groups in total. The maximum atomic E-state index is 9.76. The highest BCUT2D eigenvalue weighted by Crippen LogP contribution is 2.21. The molecule has 1 saturated heterocycles. The van der Waals surface area contributed by atoms with Crippen molar-refractivity contribution in [3.63, 3.8) is 0 Å². The van der Waals surface area contributed by atoms with Crippen molar-refractivity contribution in [2.24, 2.45) is 0 Å². The summed E-state index contributed by atoms with van der Waals surface area (Å²) in [6.07, 6.45) is -5.34. The summed E-state index contributed by atoms with van der Waals surface area (Å²) in [5, 5.41) is 47.2. The second kappa shape index (κ2) is 10.6. The first-order valence-corrected chi connectivity index (χ1v) is 7.59. The van der Waals surface area contributed by atoms with E-state index in [4.69, 9.17) is 14.6 Å². The van der Waals surface area contributed by atoms with E-state index in [2.05, 4.69) is 23.7 Å². The first kappa shape index (κ1) is 19.9. The van der Waals surface area contributed by atoms with Crippen LogP contribution in [0, 0.1) is 23.7 Å². The van der Waals surface area contributed by atoms with Crippen LogP contribution in [0.5, 0.6) is 0 Å². The SMILES string of the molecule is CCC(O)C#CC#CCCCOC1OC(CO)C(O)C(O)C1O. The van der Waals surface area contributed by atoms with Crippen LogP contribution in [0.1, 0.15) is 26.2 Å². The van der Waals surface area contributed by atoms with Crippen molar-refractivity contribution in [3.05, 3.63) is 0 Å². The molecule has 1 rings (SSSR count). The summed E-state index contributed by atoms with van der Waals surface area (Å²) in [5.74, 6) is 10.5. The van der Waals surface area contributed by atoms with E-state index in [1.54, 1.807) is 0 Å². The number of aliphatic hydroxyl groups excluding tert-OH is 5. The molecule has 6 atom stereocenters. The van der Waals surface area contributed by atoms with Crippen LogP contribution in [0.2, 0.25) is 0 Å². The number of ether oxygens (including phenoxy) is 2. The normalized spacial score (nSPS) is 31.5. The summed E-state index contributed by atoms with van der Waals surface area (Å²) in [6, 6.07) is 0. The molecule has 6 unspecified atom stereocenters. The van der Waals surface area contributed by atoms with Gasteiger partial charge in [0, 0.05) is 6.42 Å². The zero-order valence-electron chi connectivity index (χ0n) is 13.1. The number of rotatable bonds is 6. The molecule has 1 heterocycles. The van der Waals surface area contributed by atoms with E-state index in [-0.39, 0.29) is 6.61 Å². The molecule has 1 aliphatic heterocycles. The van der Waals surface area contributed by atoms with E-state index in [1.807, 2.05) is 6.92 Å². The van der Waals surface area contributed by atoms with E-state index in [1.165, 1.54) is 0 Å². The molecule has 7 nitrogen and oxygen atoms in total. The fraction of sp³-hybridized carbons (Fsp3) is 0.750. The Hall–Kier alpha value is -1.16. The molecule has 0 aromatic heterocycles. The molecule has 0 saturated carbocycles. The molecule has 0 radical (unpaired) electrons. The van der Waals surface area contributed by atoms with Crippen molar-refractivity contribution in [1.29, 1.82) is 0 Å². The van der Waals surface area contributed by atoms with Gasteiger partial charge < -0.3 is 35.0 Å². The van der Waals surface area contributed by atoms with Crippen molar-refractivity contribution in [3.8, 4) is 23.7 Å². The van der Waals surface area contributed by atoms with Crippen LogP contribution >= 0.6 is 0 Å². The smallest absolute Gasteiger partial charge is 0.186 e. The Labute approximate surface area is 135 Å². The number of unbranched alkanes of at least 4 members (excludes halogenated alkanes) is 1. The average Bonchev–Trinajstić information content (AvgIpc) is 2.56. The second-order valence-electron chi connectivity index (χ2n) is 5.17. The molecule has 1 fully saturated rings. The topological polar surface area (TPSA) is 120 Å². The monoisotopic (exact) mass is 328 g/mol. The molecule has 0 amide bonds. The zero-order valence-corrected chi connectivity index (χ0v) is 13.1. The van der Waals surface area contributed by atoms with Gasteiger partial charge in [-0.3, -0.25) is 0 Å². The van der Waals surface area contributed by atoms with Gasteiger partial charge in [0.25, 0.3) is 0 Å². The van der Waals surface area contributed by atoms with Crippen LogP contribution in [0.3, 0.4) is 0 Å². The van der Waals surface area contributed by atoms with Gasteiger partial charge in [0.15, 0.2) is 6.29 Å².